The highest BCUT2D eigenvalue weighted by Gasteiger charge is 2.38. The quantitative estimate of drug-likeness (QED) is 0.379. The molecule has 2 aromatic heterocycles. The van der Waals surface area contributed by atoms with Gasteiger partial charge in [0.2, 0.25) is 11.9 Å². The van der Waals surface area contributed by atoms with E-state index in [9.17, 15) is 29.1 Å². The molecule has 0 spiro atoms. The zero-order valence-corrected chi connectivity index (χ0v) is 18.3. The van der Waals surface area contributed by atoms with Crippen LogP contribution in [-0.4, -0.2) is 43.1 Å². The molecule has 1 aliphatic heterocycles. The van der Waals surface area contributed by atoms with Crippen molar-refractivity contribution in [1.82, 2.24) is 19.8 Å². The Morgan fingerprint density at radius 2 is 1.97 bits per heavy atom. The van der Waals surface area contributed by atoms with Crippen molar-refractivity contribution in [2.24, 2.45) is 7.05 Å². The maximum absolute atomic E-state index is 13.1. The van der Waals surface area contributed by atoms with Crippen LogP contribution in [0, 0.1) is 5.82 Å². The fraction of sp³-hybridized carbons (Fsp3) is 0.261. The lowest BCUT2D eigenvalue weighted by atomic mass is 10.1. The summed E-state index contributed by atoms with van der Waals surface area (Å²) >= 11 is 0. The maximum Gasteiger partial charge on any atom is 0.324 e. The normalized spacial score (nSPS) is 15.4. The van der Waals surface area contributed by atoms with Crippen LogP contribution in [0.15, 0.2) is 53.5 Å². The number of nitrogens with one attached hydrogen (secondary N) is 1. The Morgan fingerprint density at radius 1 is 1.24 bits per heavy atom. The van der Waals surface area contributed by atoms with Crippen LogP contribution in [0.1, 0.15) is 51.2 Å². The molecule has 1 aliphatic rings. The molecule has 10 nitrogen and oxygen atoms in total. The molecule has 1 fully saturated rings. The van der Waals surface area contributed by atoms with E-state index < -0.39 is 40.7 Å². The molecule has 0 saturated carbocycles. The molecule has 0 bridgehead atoms. The van der Waals surface area contributed by atoms with E-state index in [1.54, 1.807) is 12.1 Å². The predicted molar refractivity (Wildman–Crippen MR) is 116 cm³/mol. The van der Waals surface area contributed by atoms with Gasteiger partial charge in [-0.3, -0.25) is 24.2 Å². The fourth-order valence-electron chi connectivity index (χ4n) is 3.96. The summed E-state index contributed by atoms with van der Waals surface area (Å²) in [5, 5.41) is 22.9. The van der Waals surface area contributed by atoms with Gasteiger partial charge >= 0.3 is 11.6 Å². The highest BCUT2D eigenvalue weighted by molar-refractivity contribution is 5.94. The molecule has 2 amide bonds. The van der Waals surface area contributed by atoms with Crippen LogP contribution in [0.5, 0.6) is 5.75 Å². The summed E-state index contributed by atoms with van der Waals surface area (Å²) in [6.07, 6.45) is 2.43. The van der Waals surface area contributed by atoms with Crippen LogP contribution in [0.2, 0.25) is 0 Å². The molecule has 1 saturated heterocycles. The van der Waals surface area contributed by atoms with Crippen molar-refractivity contribution in [1.29, 1.82) is 0 Å². The monoisotopic (exact) mass is 468 g/mol. The van der Waals surface area contributed by atoms with Gasteiger partial charge in [0.05, 0.1) is 6.04 Å². The summed E-state index contributed by atoms with van der Waals surface area (Å²) in [4.78, 5) is 44.3. The SMILES string of the molecule is Cn1c(C2CCCN2C(=O)c2cccc[n+]2O)nc(C(=O)NCc2ccc(F)cc2)c(O)c1=O. The number of carbonyl (C=O) groups excluding carboxylic acids is 2. The smallest absolute Gasteiger partial charge is 0.324 e. The average molecular weight is 468 g/mol. The number of carbonyl (C=O) groups is 2. The molecule has 1 unspecified atom stereocenters. The second-order valence-corrected chi connectivity index (χ2v) is 7.93. The second-order valence-electron chi connectivity index (χ2n) is 7.93. The van der Waals surface area contributed by atoms with E-state index in [4.69, 9.17) is 0 Å². The number of hydrogen-bond donors (Lipinski definition) is 3. The molecular weight excluding hydrogens is 445 g/mol. The van der Waals surface area contributed by atoms with E-state index in [0.29, 0.717) is 24.9 Å². The minimum Gasteiger partial charge on any atom is -0.501 e. The molecule has 0 aliphatic carbocycles. The Kier molecular flexibility index (Phi) is 6.26. The summed E-state index contributed by atoms with van der Waals surface area (Å²) in [5.74, 6) is -2.33. The molecule has 3 N–H and O–H groups in total. The van der Waals surface area contributed by atoms with Gasteiger partial charge < -0.3 is 15.3 Å². The maximum atomic E-state index is 13.1. The van der Waals surface area contributed by atoms with Crippen LogP contribution in [0.3, 0.4) is 0 Å². The largest absolute Gasteiger partial charge is 0.501 e. The first kappa shape index (κ1) is 22.9. The van der Waals surface area contributed by atoms with Crippen molar-refractivity contribution in [3.05, 3.63) is 87.6 Å². The van der Waals surface area contributed by atoms with E-state index in [1.165, 1.54) is 48.5 Å². The van der Waals surface area contributed by atoms with Gasteiger partial charge in [-0.15, -0.1) is 0 Å². The third kappa shape index (κ3) is 4.32. The Labute approximate surface area is 193 Å². The van der Waals surface area contributed by atoms with Gasteiger partial charge in [-0.1, -0.05) is 12.1 Å². The van der Waals surface area contributed by atoms with Crippen LogP contribution in [-0.2, 0) is 13.6 Å². The molecule has 3 heterocycles. The Bertz CT molecular complexity index is 1310. The Balaban J connectivity index is 1.63. The zero-order valence-electron chi connectivity index (χ0n) is 18.3. The Morgan fingerprint density at radius 3 is 2.68 bits per heavy atom. The van der Waals surface area contributed by atoms with Gasteiger partial charge in [-0.05, 0) is 36.6 Å². The minimum atomic E-state index is -0.826. The number of amides is 2. The molecule has 4 rings (SSSR count). The molecular formula is C23H23FN5O5+. The molecule has 1 aromatic carbocycles. The zero-order chi connectivity index (χ0) is 24.4. The lowest BCUT2D eigenvalue weighted by Gasteiger charge is -2.24. The number of aromatic nitrogens is 3. The first-order valence-corrected chi connectivity index (χ1v) is 10.6. The topological polar surface area (TPSA) is 129 Å². The van der Waals surface area contributed by atoms with Crippen molar-refractivity contribution < 1.29 is 29.0 Å². The van der Waals surface area contributed by atoms with Crippen molar-refractivity contribution in [2.75, 3.05) is 6.54 Å². The van der Waals surface area contributed by atoms with Crippen molar-refractivity contribution in [3.63, 3.8) is 0 Å². The highest BCUT2D eigenvalue weighted by Crippen LogP contribution is 2.32. The lowest BCUT2D eigenvalue weighted by Crippen LogP contribution is -2.44. The van der Waals surface area contributed by atoms with Crippen LogP contribution in [0.25, 0.3) is 0 Å². The van der Waals surface area contributed by atoms with Crippen molar-refractivity contribution >= 4 is 11.8 Å². The van der Waals surface area contributed by atoms with Gasteiger partial charge in [-0.25, -0.2) is 9.37 Å². The molecule has 0 radical (unpaired) electrons. The van der Waals surface area contributed by atoms with Gasteiger partial charge in [-0.2, -0.15) is 0 Å². The van der Waals surface area contributed by atoms with E-state index in [1.807, 2.05) is 0 Å². The number of benzene rings is 1. The molecule has 34 heavy (non-hydrogen) atoms. The lowest BCUT2D eigenvalue weighted by molar-refractivity contribution is -0.906. The number of rotatable bonds is 5. The predicted octanol–water partition coefficient (Wildman–Crippen LogP) is 1.06. The third-order valence-electron chi connectivity index (χ3n) is 5.75. The number of nitrogens with zero attached hydrogens (tertiary/aromatic N) is 4. The minimum absolute atomic E-state index is 0.0311. The Hall–Kier alpha value is -4.28. The molecule has 176 valence electrons. The van der Waals surface area contributed by atoms with Gasteiger partial charge in [0.25, 0.3) is 11.5 Å². The molecule has 1 atom stereocenters. The van der Waals surface area contributed by atoms with Crippen LogP contribution >= 0.6 is 0 Å². The van der Waals surface area contributed by atoms with Crippen LogP contribution < -0.4 is 15.6 Å². The first-order valence-electron chi connectivity index (χ1n) is 10.6. The summed E-state index contributed by atoms with van der Waals surface area (Å²) < 4.78 is 14.9. The van der Waals surface area contributed by atoms with E-state index in [-0.39, 0.29) is 18.1 Å². The summed E-state index contributed by atoms with van der Waals surface area (Å²) in [5.41, 5.74) is -0.633. The summed E-state index contributed by atoms with van der Waals surface area (Å²) in [6.45, 7) is 0.393. The number of pyridine rings is 1. The van der Waals surface area contributed by atoms with Crippen molar-refractivity contribution in [2.45, 2.75) is 25.4 Å². The van der Waals surface area contributed by atoms with Gasteiger partial charge in [0, 0.05) is 37.0 Å². The number of halogens is 1. The van der Waals surface area contributed by atoms with E-state index in [2.05, 4.69) is 10.3 Å². The van der Waals surface area contributed by atoms with Gasteiger partial charge in [0.15, 0.2) is 5.69 Å². The second kappa shape index (κ2) is 9.30. The third-order valence-corrected chi connectivity index (χ3v) is 5.75. The standard InChI is InChI=1S/C23H22FN5O5/c1-27-20(16-6-4-11-28(16)22(32)17-5-2-3-12-29(17)34)26-18(19(30)23(27)33)21(31)25-13-14-7-9-15(24)10-8-14/h2-3,5,7-10,12,16H,4,6,11,13H2,1H3,(H2-,25,30,31,32,34)/p+1. The van der Waals surface area contributed by atoms with Crippen LogP contribution in [0.4, 0.5) is 4.39 Å². The summed E-state index contributed by atoms with van der Waals surface area (Å²) in [7, 11) is 1.40. The fourth-order valence-corrected chi connectivity index (χ4v) is 3.96. The molecule has 11 heteroatoms. The summed E-state index contributed by atoms with van der Waals surface area (Å²) in [6, 6.07) is 9.51. The van der Waals surface area contributed by atoms with Gasteiger partial charge in [0.1, 0.15) is 11.6 Å². The molecule has 3 aromatic rings. The number of aromatic hydroxyl groups is 1. The average Bonchev–Trinajstić information content (AvgIpc) is 3.32. The highest BCUT2D eigenvalue weighted by atomic mass is 19.1. The van der Waals surface area contributed by atoms with Crippen molar-refractivity contribution in [3.8, 4) is 5.75 Å². The number of hydrogen-bond acceptors (Lipinski definition) is 6. The van der Waals surface area contributed by atoms with E-state index >= 15 is 0 Å². The first-order chi connectivity index (χ1) is 16.3. The number of likely N-dealkylation sites (tertiary alicyclic amines) is 1. The van der Waals surface area contributed by atoms with E-state index in [0.717, 1.165) is 9.30 Å².